The van der Waals surface area contributed by atoms with Gasteiger partial charge in [-0.25, -0.2) is 4.98 Å². The van der Waals surface area contributed by atoms with E-state index in [9.17, 15) is 4.79 Å². The molecule has 1 heterocycles. The summed E-state index contributed by atoms with van der Waals surface area (Å²) in [6.07, 6.45) is 3.38. The molecule has 0 saturated heterocycles. The average Bonchev–Trinajstić information content (AvgIpc) is 2.88. The van der Waals surface area contributed by atoms with Gasteiger partial charge >= 0.3 is 5.97 Å². The minimum absolute atomic E-state index is 0.148. The minimum Gasteiger partial charge on any atom is -0.466 e. The number of rotatable bonds is 7. The first-order chi connectivity index (χ1) is 10.2. The van der Waals surface area contributed by atoms with Gasteiger partial charge in [-0.3, -0.25) is 4.79 Å². The quantitative estimate of drug-likeness (QED) is 0.722. The van der Waals surface area contributed by atoms with Gasteiger partial charge in [0, 0.05) is 6.42 Å². The number of esters is 1. The number of hydrogen-bond donors (Lipinski definition) is 0. The van der Waals surface area contributed by atoms with E-state index < -0.39 is 0 Å². The van der Waals surface area contributed by atoms with Crippen LogP contribution in [-0.4, -0.2) is 17.6 Å². The van der Waals surface area contributed by atoms with E-state index in [0.717, 1.165) is 35.9 Å². The summed E-state index contributed by atoms with van der Waals surface area (Å²) in [5.41, 5.74) is 2.75. The Labute approximate surface area is 125 Å². The van der Waals surface area contributed by atoms with Crippen molar-refractivity contribution in [2.75, 3.05) is 6.61 Å². The van der Waals surface area contributed by atoms with Crippen LogP contribution >= 0.6 is 0 Å². The van der Waals surface area contributed by atoms with E-state index in [1.54, 1.807) is 0 Å². The van der Waals surface area contributed by atoms with Crippen LogP contribution in [0.1, 0.15) is 44.6 Å². The molecular weight excluding hydrogens is 266 g/mol. The molecule has 1 atom stereocenters. The highest BCUT2D eigenvalue weighted by atomic mass is 16.5. The lowest BCUT2D eigenvalue weighted by atomic mass is 9.98. The van der Waals surface area contributed by atoms with E-state index in [-0.39, 0.29) is 11.9 Å². The largest absolute Gasteiger partial charge is 0.466 e. The molecule has 114 valence electrons. The molecule has 0 aliphatic carbocycles. The SMILES string of the molecule is CCCCC(Cc1nc2c(C)cccc2o1)C(=O)OCC. The lowest BCUT2D eigenvalue weighted by Gasteiger charge is -2.13. The predicted molar refractivity (Wildman–Crippen MR) is 82.1 cm³/mol. The fourth-order valence-electron chi connectivity index (χ4n) is 2.44. The monoisotopic (exact) mass is 289 g/mol. The van der Waals surface area contributed by atoms with E-state index in [2.05, 4.69) is 11.9 Å². The number of para-hydroxylation sites is 1. The van der Waals surface area contributed by atoms with Gasteiger partial charge in [-0.15, -0.1) is 0 Å². The molecule has 0 N–H and O–H groups in total. The van der Waals surface area contributed by atoms with Crippen molar-refractivity contribution in [2.24, 2.45) is 5.92 Å². The molecule has 0 amide bonds. The first-order valence-corrected chi connectivity index (χ1v) is 7.67. The molecule has 0 saturated carbocycles. The van der Waals surface area contributed by atoms with Gasteiger partial charge in [0.1, 0.15) is 5.52 Å². The second-order valence-electron chi connectivity index (χ2n) is 5.32. The Kier molecular flexibility index (Phi) is 5.37. The zero-order valence-corrected chi connectivity index (χ0v) is 13.0. The van der Waals surface area contributed by atoms with Gasteiger partial charge in [-0.05, 0) is 31.9 Å². The molecule has 1 unspecified atom stereocenters. The fraction of sp³-hybridized carbons (Fsp3) is 0.529. The van der Waals surface area contributed by atoms with Crippen molar-refractivity contribution in [3.05, 3.63) is 29.7 Å². The van der Waals surface area contributed by atoms with E-state index >= 15 is 0 Å². The molecule has 2 aromatic rings. The molecule has 0 fully saturated rings. The first kappa shape index (κ1) is 15.5. The molecular formula is C17H23NO3. The Hall–Kier alpha value is -1.84. The van der Waals surface area contributed by atoms with E-state index in [1.807, 2.05) is 32.0 Å². The second kappa shape index (κ2) is 7.25. The summed E-state index contributed by atoms with van der Waals surface area (Å²) >= 11 is 0. The van der Waals surface area contributed by atoms with E-state index in [1.165, 1.54) is 0 Å². The summed E-state index contributed by atoms with van der Waals surface area (Å²) in [4.78, 5) is 16.6. The third-order valence-corrected chi connectivity index (χ3v) is 3.61. The van der Waals surface area contributed by atoms with Crippen molar-refractivity contribution < 1.29 is 13.9 Å². The van der Waals surface area contributed by atoms with E-state index in [0.29, 0.717) is 18.9 Å². The smallest absolute Gasteiger partial charge is 0.309 e. The Morgan fingerprint density at radius 3 is 2.86 bits per heavy atom. The molecule has 0 aliphatic heterocycles. The van der Waals surface area contributed by atoms with Crippen molar-refractivity contribution >= 4 is 17.1 Å². The van der Waals surface area contributed by atoms with Crippen LogP contribution in [-0.2, 0) is 16.0 Å². The summed E-state index contributed by atoms with van der Waals surface area (Å²) in [5.74, 6) is 0.302. The van der Waals surface area contributed by atoms with Gasteiger partial charge < -0.3 is 9.15 Å². The van der Waals surface area contributed by atoms with Gasteiger partial charge in [0.25, 0.3) is 0 Å². The van der Waals surface area contributed by atoms with Crippen LogP contribution in [0.4, 0.5) is 0 Å². The maximum absolute atomic E-state index is 12.0. The van der Waals surface area contributed by atoms with Crippen LogP contribution in [0, 0.1) is 12.8 Å². The molecule has 0 aliphatic rings. The third-order valence-electron chi connectivity index (χ3n) is 3.61. The number of fused-ring (bicyclic) bond motifs is 1. The molecule has 1 aromatic heterocycles. The van der Waals surface area contributed by atoms with Crippen molar-refractivity contribution in [3.8, 4) is 0 Å². The van der Waals surface area contributed by atoms with Crippen molar-refractivity contribution in [1.82, 2.24) is 4.98 Å². The number of ether oxygens (including phenoxy) is 1. The predicted octanol–water partition coefficient (Wildman–Crippen LogP) is 4.05. The molecule has 4 nitrogen and oxygen atoms in total. The number of carbonyl (C=O) groups excluding carboxylic acids is 1. The number of unbranched alkanes of at least 4 members (excludes halogenated alkanes) is 1. The van der Waals surface area contributed by atoms with Crippen LogP contribution in [0.3, 0.4) is 0 Å². The Morgan fingerprint density at radius 1 is 1.38 bits per heavy atom. The van der Waals surface area contributed by atoms with Gasteiger partial charge in [-0.2, -0.15) is 0 Å². The third kappa shape index (κ3) is 3.84. The standard InChI is InChI=1S/C17H23NO3/c1-4-6-9-13(17(19)20-5-2)11-15-18-16-12(3)8-7-10-14(16)21-15/h7-8,10,13H,4-6,9,11H2,1-3H3. The van der Waals surface area contributed by atoms with Crippen LogP contribution in [0.15, 0.2) is 22.6 Å². The van der Waals surface area contributed by atoms with Crippen molar-refractivity contribution in [2.45, 2.75) is 46.5 Å². The van der Waals surface area contributed by atoms with Gasteiger partial charge in [0.2, 0.25) is 0 Å². The second-order valence-corrected chi connectivity index (χ2v) is 5.32. The van der Waals surface area contributed by atoms with Crippen molar-refractivity contribution in [1.29, 1.82) is 0 Å². The molecule has 0 bridgehead atoms. The zero-order valence-electron chi connectivity index (χ0n) is 13.0. The number of aromatic nitrogens is 1. The van der Waals surface area contributed by atoms with Crippen LogP contribution in [0.5, 0.6) is 0 Å². The summed E-state index contributed by atoms with van der Waals surface area (Å²) in [7, 11) is 0. The lowest BCUT2D eigenvalue weighted by molar-refractivity contribution is -0.148. The maximum Gasteiger partial charge on any atom is 0.309 e. The highest BCUT2D eigenvalue weighted by Gasteiger charge is 2.22. The Morgan fingerprint density at radius 2 is 2.19 bits per heavy atom. The topological polar surface area (TPSA) is 52.3 Å². The van der Waals surface area contributed by atoms with Gasteiger partial charge in [0.15, 0.2) is 11.5 Å². The minimum atomic E-state index is -0.168. The molecule has 2 rings (SSSR count). The number of benzene rings is 1. The number of aryl methyl sites for hydroxylation is 1. The molecule has 21 heavy (non-hydrogen) atoms. The fourth-order valence-corrected chi connectivity index (χ4v) is 2.44. The maximum atomic E-state index is 12.0. The lowest BCUT2D eigenvalue weighted by Crippen LogP contribution is -2.20. The average molecular weight is 289 g/mol. The van der Waals surface area contributed by atoms with Crippen LogP contribution < -0.4 is 0 Å². The summed E-state index contributed by atoms with van der Waals surface area (Å²) in [6.45, 7) is 6.37. The van der Waals surface area contributed by atoms with Crippen LogP contribution in [0.25, 0.3) is 11.1 Å². The van der Waals surface area contributed by atoms with Gasteiger partial charge in [0.05, 0.1) is 12.5 Å². The number of nitrogens with zero attached hydrogens (tertiary/aromatic N) is 1. The highest BCUT2D eigenvalue weighted by Crippen LogP contribution is 2.23. The normalized spacial score (nSPS) is 12.5. The number of oxazole rings is 1. The zero-order chi connectivity index (χ0) is 15.2. The molecule has 1 aromatic carbocycles. The van der Waals surface area contributed by atoms with Crippen molar-refractivity contribution in [3.63, 3.8) is 0 Å². The molecule has 4 heteroatoms. The summed E-state index contributed by atoms with van der Waals surface area (Å²) in [6, 6.07) is 5.87. The summed E-state index contributed by atoms with van der Waals surface area (Å²) < 4.78 is 10.9. The molecule has 0 radical (unpaired) electrons. The number of carbonyl (C=O) groups is 1. The number of hydrogen-bond acceptors (Lipinski definition) is 4. The van der Waals surface area contributed by atoms with Gasteiger partial charge in [-0.1, -0.05) is 31.9 Å². The molecule has 0 spiro atoms. The Balaban J connectivity index is 2.17. The summed E-state index contributed by atoms with van der Waals surface area (Å²) in [5, 5.41) is 0. The Bertz CT molecular complexity index is 603. The van der Waals surface area contributed by atoms with Crippen LogP contribution in [0.2, 0.25) is 0 Å². The van der Waals surface area contributed by atoms with E-state index in [4.69, 9.17) is 9.15 Å². The highest BCUT2D eigenvalue weighted by molar-refractivity contribution is 5.76. The first-order valence-electron chi connectivity index (χ1n) is 7.67.